The Balaban J connectivity index is 1.32. The van der Waals surface area contributed by atoms with Crippen LogP contribution in [0.3, 0.4) is 0 Å². The number of amides is 2. The minimum atomic E-state index is -4.56. The molecule has 4 N–H and O–H groups in total. The molecular weight excluding hydrogens is 601 g/mol. The van der Waals surface area contributed by atoms with Gasteiger partial charge in [-0.1, -0.05) is 19.3 Å². The Morgan fingerprint density at radius 1 is 1.11 bits per heavy atom. The van der Waals surface area contributed by atoms with Crippen molar-refractivity contribution in [2.75, 3.05) is 35.8 Å². The Morgan fingerprint density at radius 2 is 1.82 bits per heavy atom. The first-order chi connectivity index (χ1) is 20.8. The summed E-state index contributed by atoms with van der Waals surface area (Å²) < 4.78 is 51.3. The van der Waals surface area contributed by atoms with Crippen LogP contribution in [-0.2, 0) is 13.9 Å². The predicted molar refractivity (Wildman–Crippen MR) is 158 cm³/mol. The highest BCUT2D eigenvalue weighted by Gasteiger charge is 2.48. The second-order valence-electron chi connectivity index (χ2n) is 11.5. The Bertz CT molecular complexity index is 1430. The van der Waals surface area contributed by atoms with E-state index in [0.717, 1.165) is 37.0 Å². The fourth-order valence-corrected chi connectivity index (χ4v) is 6.71. The minimum Gasteiger partial charge on any atom is -0.495 e. The minimum absolute atomic E-state index is 0.111. The molecule has 2 fully saturated rings. The van der Waals surface area contributed by atoms with Gasteiger partial charge in [0.05, 0.1) is 31.6 Å². The number of aromatic nitrogens is 2. The lowest BCUT2D eigenvalue weighted by atomic mass is 9.93. The molecule has 0 unspecified atom stereocenters. The topological polar surface area (TPSA) is 166 Å². The lowest BCUT2D eigenvalue weighted by Gasteiger charge is -2.35. The number of alkyl halides is 2. The SMILES string of the molecule is COc1cc(C(=O)NC2CCC(OP(=O)(O)O)CC2)ccc1Nc1ncc2c(n1)N(C1CCCCC1)CC(F)(F)C(=O)N2C. The van der Waals surface area contributed by atoms with E-state index in [1.54, 1.807) is 23.1 Å². The molecule has 1 aromatic carbocycles. The number of methoxy groups -OCH3 is 1. The number of ether oxygens (including phenoxy) is 1. The third-order valence-electron chi connectivity index (χ3n) is 8.39. The summed E-state index contributed by atoms with van der Waals surface area (Å²) in [4.78, 5) is 54.9. The van der Waals surface area contributed by atoms with Crippen LogP contribution >= 0.6 is 7.82 Å². The lowest BCUT2D eigenvalue weighted by molar-refractivity contribution is -0.140. The second kappa shape index (κ2) is 12.9. The van der Waals surface area contributed by atoms with Gasteiger partial charge in [0, 0.05) is 24.7 Å². The Labute approximate surface area is 253 Å². The largest absolute Gasteiger partial charge is 0.495 e. The van der Waals surface area contributed by atoms with Crippen molar-refractivity contribution in [2.24, 2.45) is 0 Å². The van der Waals surface area contributed by atoms with Crippen molar-refractivity contribution >= 4 is 42.8 Å². The fourth-order valence-electron chi connectivity index (χ4n) is 6.11. The van der Waals surface area contributed by atoms with Crippen LogP contribution in [0.1, 0.15) is 68.1 Å². The van der Waals surface area contributed by atoms with Crippen molar-refractivity contribution in [3.05, 3.63) is 30.0 Å². The smallest absolute Gasteiger partial charge is 0.469 e. The van der Waals surface area contributed by atoms with Gasteiger partial charge in [-0.15, -0.1) is 0 Å². The molecule has 3 aliphatic rings. The summed E-state index contributed by atoms with van der Waals surface area (Å²) in [6.07, 6.45) is 6.92. The summed E-state index contributed by atoms with van der Waals surface area (Å²) in [5, 5.41) is 6.00. The van der Waals surface area contributed by atoms with Crippen LogP contribution in [-0.4, -0.2) is 76.4 Å². The van der Waals surface area contributed by atoms with Crippen LogP contribution in [0.2, 0.25) is 0 Å². The predicted octanol–water partition coefficient (Wildman–Crippen LogP) is 4.13. The van der Waals surface area contributed by atoms with Crippen LogP contribution < -0.4 is 25.2 Å². The molecule has 5 rings (SSSR count). The van der Waals surface area contributed by atoms with Crippen molar-refractivity contribution < 1.29 is 42.0 Å². The van der Waals surface area contributed by atoms with E-state index in [1.807, 2.05) is 0 Å². The number of halogens is 2. The molecule has 2 heterocycles. The van der Waals surface area contributed by atoms with Gasteiger partial charge in [0.2, 0.25) is 5.95 Å². The molecule has 0 saturated heterocycles. The van der Waals surface area contributed by atoms with E-state index in [9.17, 15) is 22.9 Å². The quantitative estimate of drug-likeness (QED) is 0.307. The van der Waals surface area contributed by atoms with Crippen LogP contribution in [0, 0.1) is 0 Å². The molecule has 1 aliphatic heterocycles. The van der Waals surface area contributed by atoms with Crippen molar-refractivity contribution in [1.29, 1.82) is 0 Å². The number of fused-ring (bicyclic) bond motifs is 1. The van der Waals surface area contributed by atoms with E-state index in [0.29, 0.717) is 42.7 Å². The summed E-state index contributed by atoms with van der Waals surface area (Å²) in [6, 6.07) is 4.39. The van der Waals surface area contributed by atoms with Gasteiger partial charge in [-0.2, -0.15) is 13.8 Å². The van der Waals surface area contributed by atoms with Crippen LogP contribution in [0.25, 0.3) is 0 Å². The van der Waals surface area contributed by atoms with Crippen LogP contribution in [0.15, 0.2) is 24.4 Å². The van der Waals surface area contributed by atoms with Crippen molar-refractivity contribution in [1.82, 2.24) is 15.3 Å². The van der Waals surface area contributed by atoms with Crippen LogP contribution in [0.5, 0.6) is 5.75 Å². The molecule has 2 saturated carbocycles. The molecule has 240 valence electrons. The first-order valence-corrected chi connectivity index (χ1v) is 16.2. The van der Waals surface area contributed by atoms with Crippen molar-refractivity contribution in [3.63, 3.8) is 0 Å². The summed E-state index contributed by atoms with van der Waals surface area (Å²) >= 11 is 0. The highest BCUT2D eigenvalue weighted by molar-refractivity contribution is 7.46. The first-order valence-electron chi connectivity index (χ1n) is 14.6. The third-order valence-corrected chi connectivity index (χ3v) is 8.96. The normalized spacial score (nSPS) is 22.6. The molecule has 1 aromatic heterocycles. The molecule has 0 bridgehead atoms. The molecule has 0 spiro atoms. The van der Waals surface area contributed by atoms with Crippen LogP contribution in [0.4, 0.5) is 31.9 Å². The Hall–Kier alpha value is -3.39. The first kappa shape index (κ1) is 32.0. The average Bonchev–Trinajstić information content (AvgIpc) is 3.06. The maximum Gasteiger partial charge on any atom is 0.469 e. The second-order valence-corrected chi connectivity index (χ2v) is 12.7. The number of nitrogens with one attached hydrogen (secondary N) is 2. The highest BCUT2D eigenvalue weighted by atomic mass is 31.2. The summed E-state index contributed by atoms with van der Waals surface area (Å²) in [5.41, 5.74) is 0.964. The molecule has 0 radical (unpaired) electrons. The van der Waals surface area contributed by atoms with Gasteiger partial charge in [0.25, 0.3) is 11.8 Å². The Morgan fingerprint density at radius 3 is 2.48 bits per heavy atom. The van der Waals surface area contributed by atoms with E-state index < -0.39 is 32.3 Å². The van der Waals surface area contributed by atoms with E-state index in [4.69, 9.17) is 19.0 Å². The molecule has 13 nitrogen and oxygen atoms in total. The molecule has 2 aromatic rings. The molecule has 44 heavy (non-hydrogen) atoms. The number of nitrogens with zero attached hydrogens (tertiary/aromatic N) is 4. The van der Waals surface area contributed by atoms with E-state index >= 15 is 0 Å². The van der Waals surface area contributed by atoms with Gasteiger partial charge in [0.15, 0.2) is 5.82 Å². The molecule has 2 amide bonds. The number of anilines is 4. The summed E-state index contributed by atoms with van der Waals surface area (Å²) in [7, 11) is -1.82. The number of hydrogen-bond acceptors (Lipinski definition) is 9. The fraction of sp³-hybridized carbons (Fsp3) is 0.571. The van der Waals surface area contributed by atoms with Gasteiger partial charge in [-0.05, 0) is 56.7 Å². The standard InChI is InChI=1S/C28H37F2N6O7P/c1-35-22-15-31-27(34-24(22)36(16-28(29,30)26(35)38)19-6-4-3-5-7-19)33-21-13-8-17(14-23(21)42-2)25(37)32-18-9-11-20(12-10-18)43-44(39,40)41/h8,13-15,18-20H,3-7,9-12,16H2,1-2H3,(H,32,37)(H,31,33,34)(H2,39,40,41). The highest BCUT2D eigenvalue weighted by Crippen LogP contribution is 2.42. The zero-order valence-electron chi connectivity index (χ0n) is 24.5. The lowest BCUT2D eigenvalue weighted by Crippen LogP contribution is -2.49. The number of hydrogen-bond donors (Lipinski definition) is 4. The summed E-state index contributed by atoms with van der Waals surface area (Å²) in [6.45, 7) is -0.768. The molecule has 16 heteroatoms. The van der Waals surface area contributed by atoms with Gasteiger partial charge in [0.1, 0.15) is 11.4 Å². The number of phosphoric ester groups is 1. The van der Waals surface area contributed by atoms with E-state index in [1.165, 1.54) is 20.4 Å². The number of carbonyl (C=O) groups excluding carboxylic acids is 2. The van der Waals surface area contributed by atoms with Gasteiger partial charge < -0.3 is 35.0 Å². The zero-order chi connectivity index (χ0) is 31.6. The van der Waals surface area contributed by atoms with E-state index in [-0.39, 0.29) is 35.4 Å². The van der Waals surface area contributed by atoms with Gasteiger partial charge in [-0.25, -0.2) is 9.55 Å². The molecule has 2 aliphatic carbocycles. The number of rotatable bonds is 8. The van der Waals surface area contributed by atoms with E-state index in [2.05, 4.69) is 20.6 Å². The summed E-state index contributed by atoms with van der Waals surface area (Å²) in [5.74, 6) is -4.56. The number of benzene rings is 1. The van der Waals surface area contributed by atoms with Crippen molar-refractivity contribution in [3.8, 4) is 5.75 Å². The Kier molecular flexibility index (Phi) is 9.40. The zero-order valence-corrected chi connectivity index (χ0v) is 25.4. The maximum atomic E-state index is 15.0. The number of carbonyl (C=O) groups is 2. The molecule has 0 atom stereocenters. The van der Waals surface area contributed by atoms with Crippen molar-refractivity contribution in [2.45, 2.75) is 81.9 Å². The number of phosphoric acid groups is 1. The average molecular weight is 639 g/mol. The maximum absolute atomic E-state index is 15.0. The molecular formula is C28H37F2N6O7P. The third kappa shape index (κ3) is 7.28. The monoisotopic (exact) mass is 638 g/mol. The van der Waals surface area contributed by atoms with Gasteiger partial charge in [-0.3, -0.25) is 14.1 Å². The van der Waals surface area contributed by atoms with Gasteiger partial charge >= 0.3 is 13.7 Å².